The van der Waals surface area contributed by atoms with Crippen molar-refractivity contribution in [2.75, 3.05) is 0 Å². The Morgan fingerprint density at radius 2 is 1.77 bits per heavy atom. The maximum atomic E-state index is 12.2. The second-order valence-electron chi connectivity index (χ2n) is 5.30. The second-order valence-corrected chi connectivity index (χ2v) is 6.98. The summed E-state index contributed by atoms with van der Waals surface area (Å²) < 4.78 is 66.3. The van der Waals surface area contributed by atoms with Gasteiger partial charge in [0, 0.05) is 6.54 Å². The highest BCUT2D eigenvalue weighted by Gasteiger charge is 2.31. The lowest BCUT2D eigenvalue weighted by molar-refractivity contribution is -0.274. The molecule has 0 aromatic heterocycles. The molecule has 6 nitrogen and oxygen atoms in total. The van der Waals surface area contributed by atoms with Crippen molar-refractivity contribution in [1.29, 1.82) is 0 Å². The van der Waals surface area contributed by atoms with Gasteiger partial charge in [0.1, 0.15) is 5.75 Å². The van der Waals surface area contributed by atoms with Crippen LogP contribution in [0.25, 0.3) is 0 Å². The monoisotopic (exact) mass is 388 g/mol. The normalized spacial score (nSPS) is 11.7. The van der Waals surface area contributed by atoms with Crippen molar-refractivity contribution in [1.82, 2.24) is 10.0 Å². The molecule has 2 amide bonds. The molecule has 0 saturated heterocycles. The summed E-state index contributed by atoms with van der Waals surface area (Å²) >= 11 is 0. The fraction of sp³-hybridized carbons (Fsp3) is 0.188. The number of benzene rings is 2. The molecule has 2 N–H and O–H groups in total. The summed E-state index contributed by atoms with van der Waals surface area (Å²) in [7, 11) is -4.05. The van der Waals surface area contributed by atoms with Crippen molar-refractivity contribution in [3.63, 3.8) is 0 Å². The van der Waals surface area contributed by atoms with Crippen LogP contribution in [0.4, 0.5) is 18.0 Å². The third kappa shape index (κ3) is 5.96. The lowest BCUT2D eigenvalue weighted by Crippen LogP contribution is -2.39. The van der Waals surface area contributed by atoms with Crippen LogP contribution < -0.4 is 14.8 Å². The summed E-state index contributed by atoms with van der Waals surface area (Å²) in [6, 6.07) is 9.83. The van der Waals surface area contributed by atoms with E-state index in [1.54, 1.807) is 19.1 Å². The SMILES string of the molecule is Cc1ccc(S(=O)(=O)NC(=O)NCc2cccc(OC(F)(F)F)c2)cc1. The van der Waals surface area contributed by atoms with Crippen LogP contribution in [0.5, 0.6) is 5.75 Å². The van der Waals surface area contributed by atoms with Crippen molar-refractivity contribution in [3.8, 4) is 5.75 Å². The van der Waals surface area contributed by atoms with E-state index in [0.717, 1.165) is 17.7 Å². The number of rotatable bonds is 5. The number of aryl methyl sites for hydroxylation is 1. The molecule has 0 atom stereocenters. The summed E-state index contributed by atoms with van der Waals surface area (Å²) in [5.74, 6) is -0.440. The molecule has 2 aromatic rings. The molecule has 2 rings (SSSR count). The van der Waals surface area contributed by atoms with Crippen LogP contribution >= 0.6 is 0 Å². The highest BCUT2D eigenvalue weighted by atomic mass is 32.2. The Balaban J connectivity index is 1.96. The van der Waals surface area contributed by atoms with Crippen LogP contribution in [0.2, 0.25) is 0 Å². The first-order valence-corrected chi connectivity index (χ1v) is 8.75. The topological polar surface area (TPSA) is 84.5 Å². The summed E-state index contributed by atoms with van der Waals surface area (Å²) in [6.45, 7) is 1.59. The average Bonchev–Trinajstić information content (AvgIpc) is 2.52. The van der Waals surface area contributed by atoms with Gasteiger partial charge in [0.2, 0.25) is 0 Å². The summed E-state index contributed by atoms with van der Waals surface area (Å²) in [4.78, 5) is 11.7. The zero-order valence-electron chi connectivity index (χ0n) is 13.5. The van der Waals surface area contributed by atoms with Crippen molar-refractivity contribution >= 4 is 16.1 Å². The molecule has 0 radical (unpaired) electrons. The molecular weight excluding hydrogens is 373 g/mol. The van der Waals surface area contributed by atoms with Gasteiger partial charge in [-0.3, -0.25) is 0 Å². The first-order chi connectivity index (χ1) is 12.0. The van der Waals surface area contributed by atoms with Crippen LogP contribution in [0.15, 0.2) is 53.4 Å². The van der Waals surface area contributed by atoms with Crippen molar-refractivity contribution in [2.45, 2.75) is 24.7 Å². The van der Waals surface area contributed by atoms with E-state index < -0.39 is 28.2 Å². The Labute approximate surface area is 148 Å². The molecule has 26 heavy (non-hydrogen) atoms. The third-order valence-electron chi connectivity index (χ3n) is 3.14. The van der Waals surface area contributed by atoms with E-state index in [0.29, 0.717) is 5.56 Å². The van der Waals surface area contributed by atoms with Gasteiger partial charge in [0.05, 0.1) is 4.90 Å². The maximum absolute atomic E-state index is 12.2. The quantitative estimate of drug-likeness (QED) is 0.825. The zero-order valence-corrected chi connectivity index (χ0v) is 14.3. The van der Waals surface area contributed by atoms with E-state index in [2.05, 4.69) is 10.1 Å². The van der Waals surface area contributed by atoms with Crippen LogP contribution in [0, 0.1) is 6.92 Å². The number of urea groups is 1. The fourth-order valence-electron chi connectivity index (χ4n) is 1.97. The van der Waals surface area contributed by atoms with E-state index in [4.69, 9.17) is 0 Å². The summed E-state index contributed by atoms with van der Waals surface area (Å²) in [5, 5.41) is 2.26. The number of halogens is 3. The predicted octanol–water partition coefficient (Wildman–Crippen LogP) is 3.08. The van der Waals surface area contributed by atoms with Crippen LogP contribution in [0.3, 0.4) is 0 Å². The largest absolute Gasteiger partial charge is 0.573 e. The lowest BCUT2D eigenvalue weighted by atomic mass is 10.2. The van der Waals surface area contributed by atoms with Gasteiger partial charge in [-0.2, -0.15) is 0 Å². The van der Waals surface area contributed by atoms with E-state index in [1.165, 1.54) is 24.3 Å². The Kier molecular flexibility index (Phi) is 5.76. The number of ether oxygens (including phenoxy) is 1. The first-order valence-electron chi connectivity index (χ1n) is 7.27. The molecule has 0 spiro atoms. The fourth-order valence-corrected chi connectivity index (χ4v) is 2.90. The van der Waals surface area contributed by atoms with Gasteiger partial charge < -0.3 is 10.1 Å². The molecule has 0 aliphatic rings. The number of amides is 2. The lowest BCUT2D eigenvalue weighted by Gasteiger charge is -2.11. The van der Waals surface area contributed by atoms with E-state index >= 15 is 0 Å². The van der Waals surface area contributed by atoms with Gasteiger partial charge >= 0.3 is 12.4 Å². The number of alkyl halides is 3. The predicted molar refractivity (Wildman–Crippen MR) is 86.9 cm³/mol. The molecule has 0 aliphatic heterocycles. The molecule has 0 saturated carbocycles. The molecule has 0 heterocycles. The average molecular weight is 388 g/mol. The van der Waals surface area contributed by atoms with Gasteiger partial charge in [-0.25, -0.2) is 17.9 Å². The number of sulfonamides is 1. The zero-order chi connectivity index (χ0) is 19.4. The highest BCUT2D eigenvalue weighted by molar-refractivity contribution is 7.90. The van der Waals surface area contributed by atoms with E-state index in [9.17, 15) is 26.4 Å². The van der Waals surface area contributed by atoms with Crippen molar-refractivity contribution in [2.24, 2.45) is 0 Å². The molecule has 0 aliphatic carbocycles. The first kappa shape index (κ1) is 19.6. The maximum Gasteiger partial charge on any atom is 0.573 e. The Morgan fingerprint density at radius 1 is 1.12 bits per heavy atom. The Morgan fingerprint density at radius 3 is 2.38 bits per heavy atom. The number of hydrogen-bond acceptors (Lipinski definition) is 4. The molecular formula is C16H15F3N2O4S. The standard InChI is InChI=1S/C16H15F3N2O4S/c1-11-5-7-14(8-6-11)26(23,24)21-15(22)20-10-12-3-2-4-13(9-12)25-16(17,18)19/h2-9H,10H2,1H3,(H2,20,21,22). The highest BCUT2D eigenvalue weighted by Crippen LogP contribution is 2.23. The molecule has 0 bridgehead atoms. The molecule has 2 aromatic carbocycles. The molecule has 0 fully saturated rings. The second kappa shape index (κ2) is 7.65. The third-order valence-corrected chi connectivity index (χ3v) is 4.49. The van der Waals surface area contributed by atoms with Crippen LogP contribution in [-0.2, 0) is 16.6 Å². The van der Waals surface area contributed by atoms with Gasteiger partial charge in [-0.05, 0) is 36.8 Å². The number of carbonyl (C=O) groups is 1. The number of hydrogen-bond donors (Lipinski definition) is 2. The van der Waals surface area contributed by atoms with Crippen LogP contribution in [0.1, 0.15) is 11.1 Å². The minimum atomic E-state index is -4.83. The summed E-state index contributed by atoms with van der Waals surface area (Å²) in [6.07, 6.45) is -4.83. The molecule has 10 heteroatoms. The van der Waals surface area contributed by atoms with Gasteiger partial charge in [0.25, 0.3) is 10.0 Å². The minimum absolute atomic E-state index is 0.0844. The van der Waals surface area contributed by atoms with Crippen LogP contribution in [-0.4, -0.2) is 20.8 Å². The van der Waals surface area contributed by atoms with Gasteiger partial charge in [-0.15, -0.1) is 13.2 Å². The summed E-state index contributed by atoms with van der Waals surface area (Å²) in [5.41, 5.74) is 1.16. The number of carbonyl (C=O) groups excluding carboxylic acids is 1. The van der Waals surface area contributed by atoms with E-state index in [1.807, 2.05) is 4.72 Å². The van der Waals surface area contributed by atoms with E-state index in [-0.39, 0.29) is 11.4 Å². The van der Waals surface area contributed by atoms with Gasteiger partial charge in [-0.1, -0.05) is 29.8 Å². The Bertz CT molecular complexity index is 881. The molecule has 0 unspecified atom stereocenters. The van der Waals surface area contributed by atoms with Gasteiger partial charge in [0.15, 0.2) is 0 Å². The molecule has 140 valence electrons. The Hall–Kier alpha value is -2.75. The van der Waals surface area contributed by atoms with Crippen molar-refractivity contribution in [3.05, 3.63) is 59.7 Å². The van der Waals surface area contributed by atoms with Crippen molar-refractivity contribution < 1.29 is 31.1 Å². The number of nitrogens with one attached hydrogen (secondary N) is 2. The smallest absolute Gasteiger partial charge is 0.406 e. The minimum Gasteiger partial charge on any atom is -0.406 e.